The Hall–Kier alpha value is -2.96. The fraction of sp³-hybridized carbons (Fsp3) is 0.250. The number of nitrogens with zero attached hydrogens (tertiary/aromatic N) is 2. The number of phenolic OH excluding ortho intramolecular Hbond substituents is 1. The second-order valence-electron chi connectivity index (χ2n) is 5.10. The summed E-state index contributed by atoms with van der Waals surface area (Å²) in [5.74, 6) is -1.93. The Morgan fingerprint density at radius 3 is 2.48 bits per heavy atom. The SMILES string of the molecule is CC[C@@H](C)c1ccc(O)c(NC(=O)c2nccnc2C(=O)O)c1. The van der Waals surface area contributed by atoms with Crippen LogP contribution in [0.4, 0.5) is 5.69 Å². The lowest BCUT2D eigenvalue weighted by atomic mass is 9.98. The maximum Gasteiger partial charge on any atom is 0.356 e. The van der Waals surface area contributed by atoms with E-state index in [0.29, 0.717) is 0 Å². The first kappa shape index (κ1) is 16.4. The molecule has 23 heavy (non-hydrogen) atoms. The molecule has 0 saturated heterocycles. The van der Waals surface area contributed by atoms with Crippen LogP contribution in [0.1, 0.15) is 52.7 Å². The number of phenols is 1. The predicted molar refractivity (Wildman–Crippen MR) is 83.8 cm³/mol. The lowest BCUT2D eigenvalue weighted by Gasteiger charge is -2.13. The Labute approximate surface area is 133 Å². The highest BCUT2D eigenvalue weighted by Crippen LogP contribution is 2.29. The van der Waals surface area contributed by atoms with Crippen LogP contribution in [0.5, 0.6) is 5.75 Å². The van der Waals surface area contributed by atoms with Gasteiger partial charge in [0.25, 0.3) is 5.91 Å². The summed E-state index contributed by atoms with van der Waals surface area (Å²) >= 11 is 0. The summed E-state index contributed by atoms with van der Waals surface area (Å²) in [5.41, 5.74) is 0.406. The number of carbonyl (C=O) groups excluding carboxylic acids is 1. The molecule has 3 N–H and O–H groups in total. The average Bonchev–Trinajstić information content (AvgIpc) is 2.56. The minimum atomic E-state index is -1.35. The summed E-state index contributed by atoms with van der Waals surface area (Å²) in [6.07, 6.45) is 3.34. The van der Waals surface area contributed by atoms with Crippen LogP contribution >= 0.6 is 0 Å². The molecule has 7 heteroatoms. The Kier molecular flexibility index (Phi) is 4.90. The molecule has 7 nitrogen and oxygen atoms in total. The zero-order chi connectivity index (χ0) is 17.0. The van der Waals surface area contributed by atoms with Crippen molar-refractivity contribution in [2.24, 2.45) is 0 Å². The second-order valence-corrected chi connectivity index (χ2v) is 5.10. The molecular weight excluding hydrogens is 298 g/mol. The third kappa shape index (κ3) is 3.63. The number of amides is 1. The molecule has 1 aromatic heterocycles. The van der Waals surface area contributed by atoms with Crippen molar-refractivity contribution in [2.45, 2.75) is 26.2 Å². The van der Waals surface area contributed by atoms with Gasteiger partial charge in [-0.3, -0.25) is 4.79 Å². The van der Waals surface area contributed by atoms with E-state index in [4.69, 9.17) is 5.11 Å². The summed E-state index contributed by atoms with van der Waals surface area (Å²) in [5, 5.41) is 21.4. The molecule has 0 spiro atoms. The summed E-state index contributed by atoms with van der Waals surface area (Å²) in [6.45, 7) is 4.07. The van der Waals surface area contributed by atoms with Gasteiger partial charge < -0.3 is 15.5 Å². The largest absolute Gasteiger partial charge is 0.506 e. The Morgan fingerprint density at radius 2 is 1.87 bits per heavy atom. The van der Waals surface area contributed by atoms with E-state index in [-0.39, 0.29) is 23.0 Å². The number of carbonyl (C=O) groups is 2. The standard InChI is InChI=1S/C16H17N3O4/c1-3-9(2)10-4-5-12(20)11(8-10)19-15(21)13-14(16(22)23)18-7-6-17-13/h4-9,20H,3H2,1-2H3,(H,19,21)(H,22,23)/t9-/m1/s1. The zero-order valence-corrected chi connectivity index (χ0v) is 12.8. The average molecular weight is 315 g/mol. The highest BCUT2D eigenvalue weighted by Gasteiger charge is 2.20. The lowest BCUT2D eigenvalue weighted by Crippen LogP contribution is -2.19. The van der Waals surface area contributed by atoms with Gasteiger partial charge in [-0.1, -0.05) is 19.9 Å². The van der Waals surface area contributed by atoms with Crippen LogP contribution in [0.3, 0.4) is 0 Å². The summed E-state index contributed by atoms with van der Waals surface area (Å²) in [6, 6.07) is 4.94. The molecule has 0 bridgehead atoms. The number of carboxylic acid groups (broad SMARTS) is 1. The minimum Gasteiger partial charge on any atom is -0.506 e. The topological polar surface area (TPSA) is 112 Å². The van der Waals surface area contributed by atoms with Gasteiger partial charge in [0.1, 0.15) is 5.75 Å². The monoisotopic (exact) mass is 315 g/mol. The van der Waals surface area contributed by atoms with Gasteiger partial charge in [-0.25, -0.2) is 14.8 Å². The van der Waals surface area contributed by atoms with Gasteiger partial charge in [-0.15, -0.1) is 0 Å². The number of aromatic carboxylic acids is 1. The summed E-state index contributed by atoms with van der Waals surface area (Å²) in [4.78, 5) is 30.7. The van der Waals surface area contributed by atoms with E-state index in [1.165, 1.54) is 18.5 Å². The molecule has 2 rings (SSSR count). The van der Waals surface area contributed by atoms with E-state index < -0.39 is 17.6 Å². The first-order valence-corrected chi connectivity index (χ1v) is 7.12. The molecule has 0 fully saturated rings. The number of hydrogen-bond donors (Lipinski definition) is 3. The second kappa shape index (κ2) is 6.87. The lowest BCUT2D eigenvalue weighted by molar-refractivity contribution is 0.0685. The van der Waals surface area contributed by atoms with Crippen molar-refractivity contribution in [1.82, 2.24) is 9.97 Å². The van der Waals surface area contributed by atoms with Gasteiger partial charge in [-0.2, -0.15) is 0 Å². The number of anilines is 1. The molecule has 120 valence electrons. The van der Waals surface area contributed by atoms with Crippen LogP contribution in [0.25, 0.3) is 0 Å². The smallest absolute Gasteiger partial charge is 0.356 e. The third-order valence-electron chi connectivity index (χ3n) is 3.57. The van der Waals surface area contributed by atoms with Crippen molar-refractivity contribution in [3.8, 4) is 5.75 Å². The van der Waals surface area contributed by atoms with E-state index in [1.807, 2.05) is 13.8 Å². The first-order valence-electron chi connectivity index (χ1n) is 7.12. The van der Waals surface area contributed by atoms with Gasteiger partial charge >= 0.3 is 5.97 Å². The molecule has 0 aliphatic heterocycles. The molecule has 0 saturated carbocycles. The van der Waals surface area contributed by atoms with Crippen molar-refractivity contribution >= 4 is 17.6 Å². The van der Waals surface area contributed by atoms with Crippen LogP contribution in [0, 0.1) is 0 Å². The van der Waals surface area contributed by atoms with Gasteiger partial charge in [-0.05, 0) is 30.0 Å². The van der Waals surface area contributed by atoms with Crippen molar-refractivity contribution in [3.05, 3.63) is 47.5 Å². The molecule has 1 aromatic carbocycles. The fourth-order valence-electron chi connectivity index (χ4n) is 2.04. The predicted octanol–water partition coefficient (Wildman–Crippen LogP) is 2.65. The number of nitrogens with one attached hydrogen (secondary N) is 1. The van der Waals surface area contributed by atoms with Gasteiger partial charge in [0.15, 0.2) is 11.4 Å². The number of rotatable bonds is 5. The summed E-state index contributed by atoms with van der Waals surface area (Å²) < 4.78 is 0. The van der Waals surface area contributed by atoms with Crippen molar-refractivity contribution in [2.75, 3.05) is 5.32 Å². The Morgan fingerprint density at radius 1 is 1.22 bits per heavy atom. The third-order valence-corrected chi connectivity index (χ3v) is 3.57. The number of aromatic nitrogens is 2. The molecule has 1 amide bonds. The zero-order valence-electron chi connectivity index (χ0n) is 12.8. The van der Waals surface area contributed by atoms with Gasteiger partial charge in [0.05, 0.1) is 5.69 Å². The molecular formula is C16H17N3O4. The highest BCUT2D eigenvalue weighted by atomic mass is 16.4. The van der Waals surface area contributed by atoms with Crippen molar-refractivity contribution in [3.63, 3.8) is 0 Å². The van der Waals surface area contributed by atoms with Crippen LogP contribution in [0.15, 0.2) is 30.6 Å². The van der Waals surface area contributed by atoms with Gasteiger partial charge in [0.2, 0.25) is 0 Å². The van der Waals surface area contributed by atoms with Crippen molar-refractivity contribution in [1.29, 1.82) is 0 Å². The molecule has 2 aromatic rings. The highest BCUT2D eigenvalue weighted by molar-refractivity contribution is 6.09. The van der Waals surface area contributed by atoms with Crippen LogP contribution in [-0.4, -0.2) is 32.1 Å². The van der Waals surface area contributed by atoms with E-state index in [1.54, 1.807) is 12.1 Å². The fourth-order valence-corrected chi connectivity index (χ4v) is 2.04. The summed E-state index contributed by atoms with van der Waals surface area (Å²) in [7, 11) is 0. The molecule has 0 radical (unpaired) electrons. The maximum absolute atomic E-state index is 12.3. The van der Waals surface area contributed by atoms with E-state index in [2.05, 4.69) is 15.3 Å². The maximum atomic E-state index is 12.3. The van der Waals surface area contributed by atoms with Crippen LogP contribution < -0.4 is 5.32 Å². The molecule has 1 heterocycles. The minimum absolute atomic E-state index is 0.105. The quantitative estimate of drug-likeness (QED) is 0.731. The molecule has 0 unspecified atom stereocenters. The van der Waals surface area contributed by atoms with Crippen molar-refractivity contribution < 1.29 is 19.8 Å². The van der Waals surface area contributed by atoms with E-state index in [0.717, 1.165) is 12.0 Å². The van der Waals surface area contributed by atoms with Gasteiger partial charge in [0, 0.05) is 12.4 Å². The van der Waals surface area contributed by atoms with Crippen LogP contribution in [0.2, 0.25) is 0 Å². The Bertz CT molecular complexity index is 746. The van der Waals surface area contributed by atoms with Crippen LogP contribution in [-0.2, 0) is 0 Å². The Balaban J connectivity index is 2.32. The first-order chi connectivity index (χ1) is 10.9. The number of hydrogen-bond acceptors (Lipinski definition) is 5. The number of carboxylic acids is 1. The number of aromatic hydroxyl groups is 1. The molecule has 0 aliphatic rings. The number of benzene rings is 1. The molecule has 0 aliphatic carbocycles. The molecule has 1 atom stereocenters. The van der Waals surface area contributed by atoms with E-state index in [9.17, 15) is 14.7 Å². The van der Waals surface area contributed by atoms with E-state index >= 15 is 0 Å². The normalized spacial score (nSPS) is 11.7.